The minimum atomic E-state index is 0.103. The molecule has 1 saturated carbocycles. The van der Waals surface area contributed by atoms with Gasteiger partial charge in [-0.3, -0.25) is 4.79 Å². The van der Waals surface area contributed by atoms with E-state index in [0.29, 0.717) is 29.6 Å². The lowest BCUT2D eigenvalue weighted by Gasteiger charge is -2.32. The lowest BCUT2D eigenvalue weighted by atomic mass is 9.92. The van der Waals surface area contributed by atoms with E-state index in [0.717, 1.165) is 24.8 Å². The van der Waals surface area contributed by atoms with Crippen molar-refractivity contribution in [2.75, 3.05) is 6.54 Å². The van der Waals surface area contributed by atoms with Crippen molar-refractivity contribution >= 4 is 29.0 Å². The highest BCUT2D eigenvalue weighted by molar-refractivity contribution is 6.35. The number of carbonyl (C=O) groups is 1. The van der Waals surface area contributed by atoms with Gasteiger partial charge < -0.3 is 10.1 Å². The molecule has 122 valence electrons. The standard InChI is InChI=1S/C17H23Cl2NO2/c1-2-12(21)10-20-16-8-3-4-9-17(16)22-11-13-14(18)6-5-7-15(13)19/h5-7,16-17,20H,2-4,8-11H2,1H3/t16-,17?/m1/s1. The van der Waals surface area contributed by atoms with E-state index < -0.39 is 0 Å². The maximum Gasteiger partial charge on any atom is 0.146 e. The van der Waals surface area contributed by atoms with E-state index >= 15 is 0 Å². The van der Waals surface area contributed by atoms with Crippen LogP contribution in [-0.4, -0.2) is 24.5 Å². The Morgan fingerprint density at radius 3 is 2.64 bits per heavy atom. The van der Waals surface area contributed by atoms with E-state index in [4.69, 9.17) is 27.9 Å². The van der Waals surface area contributed by atoms with Gasteiger partial charge in [-0.15, -0.1) is 0 Å². The van der Waals surface area contributed by atoms with Crippen LogP contribution in [0.4, 0.5) is 0 Å². The van der Waals surface area contributed by atoms with Gasteiger partial charge in [-0.05, 0) is 25.0 Å². The smallest absolute Gasteiger partial charge is 0.146 e. The molecule has 0 radical (unpaired) electrons. The highest BCUT2D eigenvalue weighted by atomic mass is 35.5. The van der Waals surface area contributed by atoms with Gasteiger partial charge in [0.05, 0.1) is 19.3 Å². The van der Waals surface area contributed by atoms with Crippen molar-refractivity contribution < 1.29 is 9.53 Å². The first-order valence-corrected chi connectivity index (χ1v) is 8.67. The Hall–Kier alpha value is -0.610. The summed E-state index contributed by atoms with van der Waals surface area (Å²) in [6, 6.07) is 5.70. The maximum atomic E-state index is 11.5. The molecule has 0 heterocycles. The van der Waals surface area contributed by atoms with Gasteiger partial charge >= 0.3 is 0 Å². The Morgan fingerprint density at radius 1 is 1.27 bits per heavy atom. The van der Waals surface area contributed by atoms with E-state index in [1.54, 1.807) is 0 Å². The van der Waals surface area contributed by atoms with Crippen molar-refractivity contribution in [2.45, 2.75) is 57.8 Å². The Morgan fingerprint density at radius 2 is 1.95 bits per heavy atom. The first-order chi connectivity index (χ1) is 10.6. The molecule has 22 heavy (non-hydrogen) atoms. The van der Waals surface area contributed by atoms with Crippen LogP contribution in [0.15, 0.2) is 18.2 Å². The highest BCUT2D eigenvalue weighted by Crippen LogP contribution is 2.28. The zero-order valence-corrected chi connectivity index (χ0v) is 14.4. The average molecular weight is 344 g/mol. The van der Waals surface area contributed by atoms with E-state index in [1.807, 2.05) is 25.1 Å². The molecule has 1 fully saturated rings. The molecule has 0 aromatic heterocycles. The van der Waals surface area contributed by atoms with Gasteiger partial charge in [0.2, 0.25) is 0 Å². The number of halogens is 2. The van der Waals surface area contributed by atoms with E-state index in [1.165, 1.54) is 6.42 Å². The number of nitrogens with one attached hydrogen (secondary N) is 1. The number of hydrogen-bond donors (Lipinski definition) is 1. The van der Waals surface area contributed by atoms with Gasteiger partial charge in [0.1, 0.15) is 5.78 Å². The SMILES string of the molecule is CCC(=O)CN[C@@H]1CCCCC1OCc1c(Cl)cccc1Cl. The zero-order chi connectivity index (χ0) is 15.9. The molecule has 1 aliphatic rings. The molecular weight excluding hydrogens is 321 g/mol. The summed E-state index contributed by atoms with van der Waals surface area (Å²) in [4.78, 5) is 11.5. The first kappa shape index (κ1) is 17.7. The Bertz CT molecular complexity index is 487. The van der Waals surface area contributed by atoms with Crippen LogP contribution < -0.4 is 5.32 Å². The first-order valence-electron chi connectivity index (χ1n) is 7.91. The van der Waals surface area contributed by atoms with Gasteiger partial charge in [-0.1, -0.05) is 49.0 Å². The van der Waals surface area contributed by atoms with Crippen molar-refractivity contribution in [3.05, 3.63) is 33.8 Å². The lowest BCUT2D eigenvalue weighted by molar-refractivity contribution is -0.118. The number of rotatable bonds is 7. The second-order valence-electron chi connectivity index (χ2n) is 5.71. The molecule has 1 aromatic rings. The number of benzene rings is 1. The molecular formula is C17H23Cl2NO2. The summed E-state index contributed by atoms with van der Waals surface area (Å²) in [7, 11) is 0. The average Bonchev–Trinajstić information content (AvgIpc) is 2.53. The summed E-state index contributed by atoms with van der Waals surface area (Å²) in [5.74, 6) is 0.235. The Balaban J connectivity index is 1.92. The highest BCUT2D eigenvalue weighted by Gasteiger charge is 2.26. The predicted octanol–water partition coefficient (Wildman–Crippen LogP) is 4.39. The van der Waals surface area contributed by atoms with E-state index in [-0.39, 0.29) is 17.9 Å². The monoisotopic (exact) mass is 343 g/mol. The summed E-state index contributed by atoms with van der Waals surface area (Å²) in [6.45, 7) is 2.72. The third-order valence-corrected chi connectivity index (χ3v) is 4.87. The molecule has 1 aliphatic carbocycles. The Kier molecular flexibility index (Phi) is 7.16. The summed E-state index contributed by atoms with van der Waals surface area (Å²) >= 11 is 12.4. The van der Waals surface area contributed by atoms with Crippen LogP contribution in [0.2, 0.25) is 10.0 Å². The number of Topliss-reactive ketones (excluding diaryl/α,β-unsaturated/α-hetero) is 1. The fourth-order valence-corrected chi connectivity index (χ4v) is 3.27. The minimum absolute atomic E-state index is 0.103. The Labute approximate surface area is 142 Å². The second kappa shape index (κ2) is 8.88. The predicted molar refractivity (Wildman–Crippen MR) is 90.6 cm³/mol. The van der Waals surface area contributed by atoms with Crippen LogP contribution in [0.1, 0.15) is 44.6 Å². The van der Waals surface area contributed by atoms with Gasteiger partial charge in [0.15, 0.2) is 0 Å². The molecule has 0 saturated heterocycles. The number of hydrogen-bond acceptors (Lipinski definition) is 3. The summed E-state index contributed by atoms with van der Waals surface area (Å²) < 4.78 is 6.07. The minimum Gasteiger partial charge on any atom is -0.372 e. The third kappa shape index (κ3) is 4.95. The number of ether oxygens (including phenoxy) is 1. The van der Waals surface area contributed by atoms with E-state index in [2.05, 4.69) is 5.32 Å². The van der Waals surface area contributed by atoms with Crippen LogP contribution in [0, 0.1) is 0 Å². The van der Waals surface area contributed by atoms with Crippen molar-refractivity contribution in [1.82, 2.24) is 5.32 Å². The molecule has 1 aromatic carbocycles. The van der Waals surface area contributed by atoms with Gasteiger partial charge in [0, 0.05) is 28.1 Å². The van der Waals surface area contributed by atoms with Crippen LogP contribution in [0.25, 0.3) is 0 Å². The quantitative estimate of drug-likeness (QED) is 0.797. The van der Waals surface area contributed by atoms with Gasteiger partial charge in [0.25, 0.3) is 0 Å². The van der Waals surface area contributed by atoms with Crippen molar-refractivity contribution in [3.8, 4) is 0 Å². The topological polar surface area (TPSA) is 38.3 Å². The number of carbonyl (C=O) groups excluding carboxylic acids is 1. The number of ketones is 1. The van der Waals surface area contributed by atoms with Crippen LogP contribution in [-0.2, 0) is 16.1 Å². The fourth-order valence-electron chi connectivity index (χ4n) is 2.76. The van der Waals surface area contributed by atoms with Crippen LogP contribution in [0.5, 0.6) is 0 Å². The van der Waals surface area contributed by atoms with Gasteiger partial charge in [-0.25, -0.2) is 0 Å². The molecule has 1 N–H and O–H groups in total. The van der Waals surface area contributed by atoms with Crippen molar-refractivity contribution in [1.29, 1.82) is 0 Å². The molecule has 0 spiro atoms. The molecule has 0 amide bonds. The lowest BCUT2D eigenvalue weighted by Crippen LogP contribution is -2.45. The summed E-state index contributed by atoms with van der Waals surface area (Å²) in [6.07, 6.45) is 5.04. The zero-order valence-electron chi connectivity index (χ0n) is 12.9. The van der Waals surface area contributed by atoms with Gasteiger partial charge in [-0.2, -0.15) is 0 Å². The molecule has 3 nitrogen and oxygen atoms in total. The largest absolute Gasteiger partial charge is 0.372 e. The molecule has 2 atom stereocenters. The molecule has 0 bridgehead atoms. The third-order valence-electron chi connectivity index (χ3n) is 4.16. The summed E-state index contributed by atoms with van der Waals surface area (Å²) in [5, 5.41) is 4.61. The molecule has 0 aliphatic heterocycles. The molecule has 5 heteroatoms. The van der Waals surface area contributed by atoms with E-state index in [9.17, 15) is 4.79 Å². The normalized spacial score (nSPS) is 21.8. The van der Waals surface area contributed by atoms with Crippen LogP contribution >= 0.6 is 23.2 Å². The molecule has 1 unspecified atom stereocenters. The molecule has 2 rings (SSSR count). The fraction of sp³-hybridized carbons (Fsp3) is 0.588. The maximum absolute atomic E-state index is 11.5. The van der Waals surface area contributed by atoms with Crippen molar-refractivity contribution in [3.63, 3.8) is 0 Å². The van der Waals surface area contributed by atoms with Crippen LogP contribution in [0.3, 0.4) is 0 Å². The van der Waals surface area contributed by atoms with Crippen molar-refractivity contribution in [2.24, 2.45) is 0 Å². The summed E-state index contributed by atoms with van der Waals surface area (Å²) in [5.41, 5.74) is 0.833. The second-order valence-corrected chi connectivity index (χ2v) is 6.53.